The van der Waals surface area contributed by atoms with Gasteiger partial charge in [0.15, 0.2) is 0 Å². The van der Waals surface area contributed by atoms with Gasteiger partial charge in [-0.1, -0.05) is 50.5 Å². The van der Waals surface area contributed by atoms with Gasteiger partial charge in [0, 0.05) is 12.1 Å². The molecule has 1 heterocycles. The van der Waals surface area contributed by atoms with Crippen LogP contribution in [0.15, 0.2) is 24.3 Å². The van der Waals surface area contributed by atoms with Crippen molar-refractivity contribution in [1.29, 1.82) is 0 Å². The molecule has 1 N–H and O–H groups in total. The van der Waals surface area contributed by atoms with Crippen molar-refractivity contribution in [3.8, 4) is 11.4 Å². The minimum atomic E-state index is -0.0785. The first kappa shape index (κ1) is 16.1. The smallest absolute Gasteiger partial charge is 0.243 e. The Bertz CT molecular complexity index is 608. The van der Waals surface area contributed by atoms with E-state index < -0.39 is 0 Å². The number of rotatable bonds is 8. The molecule has 118 valence electrons. The molecule has 6 nitrogen and oxygen atoms in total. The molecule has 0 bridgehead atoms. The largest absolute Gasteiger partial charge is 0.354 e. The number of benzene rings is 1. The Labute approximate surface area is 130 Å². The van der Waals surface area contributed by atoms with Gasteiger partial charge in [-0.2, -0.15) is 4.80 Å². The number of tetrazole rings is 1. The Kier molecular flexibility index (Phi) is 6.06. The average Bonchev–Trinajstić information content (AvgIpc) is 2.95. The summed E-state index contributed by atoms with van der Waals surface area (Å²) in [5.74, 6) is 0.471. The molecule has 0 fully saturated rings. The molecule has 0 atom stereocenters. The van der Waals surface area contributed by atoms with Crippen LogP contribution in [0.5, 0.6) is 0 Å². The molecular formula is C16H23N5O. The number of carbonyl (C=O) groups excluding carboxylic acids is 1. The fourth-order valence-electron chi connectivity index (χ4n) is 2.21. The van der Waals surface area contributed by atoms with Gasteiger partial charge in [0.25, 0.3) is 0 Å². The zero-order valence-electron chi connectivity index (χ0n) is 13.2. The molecular weight excluding hydrogens is 278 g/mol. The predicted octanol–water partition coefficient (Wildman–Crippen LogP) is 2.35. The quantitative estimate of drug-likeness (QED) is 0.760. The van der Waals surface area contributed by atoms with E-state index in [4.69, 9.17) is 0 Å². The van der Waals surface area contributed by atoms with Gasteiger partial charge in [-0.05, 0) is 24.1 Å². The van der Waals surface area contributed by atoms with E-state index in [1.54, 1.807) is 0 Å². The number of nitrogens with zero attached hydrogens (tertiary/aromatic N) is 4. The number of hydrogen-bond acceptors (Lipinski definition) is 4. The lowest BCUT2D eigenvalue weighted by Gasteiger charge is -2.03. The molecule has 2 aromatic rings. The Morgan fingerprint density at radius 2 is 2.05 bits per heavy atom. The van der Waals surface area contributed by atoms with Gasteiger partial charge >= 0.3 is 0 Å². The van der Waals surface area contributed by atoms with E-state index >= 15 is 0 Å². The third kappa shape index (κ3) is 4.65. The number of amides is 1. The number of carbonyl (C=O) groups is 1. The fraction of sp³-hybridized carbons (Fsp3) is 0.500. The molecule has 0 aliphatic rings. The molecule has 0 spiro atoms. The van der Waals surface area contributed by atoms with Crippen LogP contribution >= 0.6 is 0 Å². The van der Waals surface area contributed by atoms with Gasteiger partial charge in [-0.3, -0.25) is 4.79 Å². The highest BCUT2D eigenvalue weighted by atomic mass is 16.2. The summed E-state index contributed by atoms with van der Waals surface area (Å²) in [6.45, 7) is 4.98. The van der Waals surface area contributed by atoms with Gasteiger partial charge < -0.3 is 5.32 Å². The van der Waals surface area contributed by atoms with Gasteiger partial charge in [-0.25, -0.2) is 0 Å². The van der Waals surface area contributed by atoms with Crippen LogP contribution in [0.3, 0.4) is 0 Å². The van der Waals surface area contributed by atoms with Crippen molar-refractivity contribution >= 4 is 5.91 Å². The Morgan fingerprint density at radius 1 is 1.23 bits per heavy atom. The summed E-state index contributed by atoms with van der Waals surface area (Å²) in [5, 5.41) is 15.1. The molecule has 2 rings (SSSR count). The van der Waals surface area contributed by atoms with Gasteiger partial charge in [0.2, 0.25) is 11.7 Å². The molecule has 0 aliphatic heterocycles. The normalized spacial score (nSPS) is 10.6. The summed E-state index contributed by atoms with van der Waals surface area (Å²) in [7, 11) is 0. The fourth-order valence-corrected chi connectivity index (χ4v) is 2.21. The molecule has 0 radical (unpaired) electrons. The highest BCUT2D eigenvalue weighted by Crippen LogP contribution is 2.17. The van der Waals surface area contributed by atoms with Gasteiger partial charge in [0.05, 0.1) is 0 Å². The Balaban J connectivity index is 1.84. The highest BCUT2D eigenvalue weighted by Gasteiger charge is 2.10. The molecule has 0 saturated heterocycles. The zero-order valence-corrected chi connectivity index (χ0v) is 13.2. The molecule has 1 aromatic heterocycles. The molecule has 1 amide bonds. The lowest BCUT2D eigenvalue weighted by atomic mass is 10.1. The third-order valence-electron chi connectivity index (χ3n) is 3.48. The summed E-state index contributed by atoms with van der Waals surface area (Å²) in [6, 6.07) is 7.85. The second kappa shape index (κ2) is 8.26. The maximum Gasteiger partial charge on any atom is 0.243 e. The lowest BCUT2D eigenvalue weighted by molar-refractivity contribution is -0.122. The molecule has 0 saturated carbocycles. The number of hydrogen-bond donors (Lipinski definition) is 1. The topological polar surface area (TPSA) is 72.7 Å². The SMILES string of the molecule is CCCCCCNC(=O)Cn1nnc(-c2ccccc2C)n1. The van der Waals surface area contributed by atoms with Crippen molar-refractivity contribution in [2.75, 3.05) is 6.54 Å². The number of unbranched alkanes of at least 4 members (excludes halogenated alkanes) is 3. The maximum atomic E-state index is 11.8. The van der Waals surface area contributed by atoms with Crippen LogP contribution in [0.2, 0.25) is 0 Å². The first-order valence-corrected chi connectivity index (χ1v) is 7.81. The van der Waals surface area contributed by atoms with Crippen LogP contribution < -0.4 is 5.32 Å². The van der Waals surface area contributed by atoms with Crippen LogP contribution in [0.25, 0.3) is 11.4 Å². The number of aryl methyl sites for hydroxylation is 1. The van der Waals surface area contributed by atoms with E-state index in [1.165, 1.54) is 17.6 Å². The van der Waals surface area contributed by atoms with Crippen molar-refractivity contribution in [2.45, 2.75) is 46.1 Å². The van der Waals surface area contributed by atoms with Crippen LogP contribution in [-0.4, -0.2) is 32.7 Å². The van der Waals surface area contributed by atoms with Crippen molar-refractivity contribution in [3.05, 3.63) is 29.8 Å². The minimum absolute atomic E-state index is 0.0785. The van der Waals surface area contributed by atoms with Crippen LogP contribution in [0.1, 0.15) is 38.2 Å². The predicted molar refractivity (Wildman–Crippen MR) is 85.1 cm³/mol. The Hall–Kier alpha value is -2.24. The van der Waals surface area contributed by atoms with Crippen LogP contribution in [0, 0.1) is 6.92 Å². The standard InChI is InChI=1S/C16H23N5O/c1-3-4-5-8-11-17-15(22)12-21-19-16(18-20-21)14-10-7-6-9-13(14)2/h6-7,9-10H,3-5,8,11-12H2,1-2H3,(H,17,22). The van der Waals surface area contributed by atoms with Gasteiger partial charge in [-0.15, -0.1) is 10.2 Å². The maximum absolute atomic E-state index is 11.8. The monoisotopic (exact) mass is 301 g/mol. The minimum Gasteiger partial charge on any atom is -0.354 e. The summed E-state index contributed by atoms with van der Waals surface area (Å²) < 4.78 is 0. The summed E-state index contributed by atoms with van der Waals surface area (Å²) in [6.07, 6.45) is 4.56. The Morgan fingerprint density at radius 3 is 2.82 bits per heavy atom. The van der Waals surface area contributed by atoms with E-state index in [0.717, 1.165) is 24.0 Å². The molecule has 6 heteroatoms. The molecule has 22 heavy (non-hydrogen) atoms. The molecule has 0 unspecified atom stereocenters. The van der Waals surface area contributed by atoms with Crippen LogP contribution in [0.4, 0.5) is 0 Å². The first-order valence-electron chi connectivity index (χ1n) is 7.81. The second-order valence-corrected chi connectivity index (χ2v) is 5.37. The van der Waals surface area contributed by atoms with E-state index in [9.17, 15) is 4.79 Å². The third-order valence-corrected chi connectivity index (χ3v) is 3.48. The summed E-state index contributed by atoms with van der Waals surface area (Å²) >= 11 is 0. The lowest BCUT2D eigenvalue weighted by Crippen LogP contribution is -2.29. The zero-order chi connectivity index (χ0) is 15.8. The van der Waals surface area contributed by atoms with Crippen molar-refractivity contribution in [2.24, 2.45) is 0 Å². The van der Waals surface area contributed by atoms with Gasteiger partial charge in [0.1, 0.15) is 6.54 Å². The van der Waals surface area contributed by atoms with E-state index in [0.29, 0.717) is 12.4 Å². The number of aromatic nitrogens is 4. The second-order valence-electron chi connectivity index (χ2n) is 5.37. The average molecular weight is 301 g/mol. The highest BCUT2D eigenvalue weighted by molar-refractivity contribution is 5.75. The van der Waals surface area contributed by atoms with E-state index in [2.05, 4.69) is 27.7 Å². The van der Waals surface area contributed by atoms with Crippen molar-refractivity contribution in [3.63, 3.8) is 0 Å². The van der Waals surface area contributed by atoms with E-state index in [1.807, 2.05) is 31.2 Å². The summed E-state index contributed by atoms with van der Waals surface area (Å²) in [4.78, 5) is 13.2. The van der Waals surface area contributed by atoms with E-state index in [-0.39, 0.29) is 12.5 Å². The number of nitrogens with one attached hydrogen (secondary N) is 1. The summed E-state index contributed by atoms with van der Waals surface area (Å²) in [5.41, 5.74) is 2.02. The first-order chi connectivity index (χ1) is 10.7. The molecule has 1 aromatic carbocycles. The molecule has 0 aliphatic carbocycles. The van der Waals surface area contributed by atoms with Crippen molar-refractivity contribution < 1.29 is 4.79 Å². The van der Waals surface area contributed by atoms with Crippen LogP contribution in [-0.2, 0) is 11.3 Å². The van der Waals surface area contributed by atoms with Crippen molar-refractivity contribution in [1.82, 2.24) is 25.5 Å².